The Labute approximate surface area is 145 Å². The Balaban J connectivity index is 0.00000288. The molecular formula is C15H20ClN5O3. The number of benzene rings is 1. The van der Waals surface area contributed by atoms with Crippen LogP contribution in [0, 0.1) is 5.92 Å². The number of amides is 2. The van der Waals surface area contributed by atoms with Crippen molar-refractivity contribution in [2.45, 2.75) is 19.9 Å². The van der Waals surface area contributed by atoms with E-state index < -0.39 is 6.04 Å². The van der Waals surface area contributed by atoms with E-state index in [1.807, 2.05) is 13.8 Å². The number of hydrogen-bond acceptors (Lipinski definition) is 6. The lowest BCUT2D eigenvalue weighted by molar-refractivity contribution is -0.125. The maximum Gasteiger partial charge on any atom is 0.243 e. The Hall–Kier alpha value is -2.45. The molecule has 130 valence electrons. The van der Waals surface area contributed by atoms with Crippen molar-refractivity contribution >= 4 is 29.9 Å². The molecule has 0 aliphatic heterocycles. The van der Waals surface area contributed by atoms with E-state index in [0.717, 1.165) is 5.56 Å². The molecule has 0 bridgehead atoms. The molecule has 0 aliphatic carbocycles. The average Bonchev–Trinajstić information content (AvgIpc) is 3.07. The third-order valence-electron chi connectivity index (χ3n) is 3.23. The fourth-order valence-corrected chi connectivity index (χ4v) is 1.79. The summed E-state index contributed by atoms with van der Waals surface area (Å²) in [5.74, 6) is -0.196. The van der Waals surface area contributed by atoms with E-state index in [0.29, 0.717) is 11.5 Å². The van der Waals surface area contributed by atoms with Crippen LogP contribution in [0.1, 0.15) is 13.8 Å². The van der Waals surface area contributed by atoms with Gasteiger partial charge in [-0.05, 0) is 30.2 Å². The van der Waals surface area contributed by atoms with Gasteiger partial charge in [-0.2, -0.15) is 4.98 Å². The molecule has 2 aromatic rings. The standard InChI is InChI=1S/C15H19N5O3.ClH/c1-9(2)13(16)15(22)17-7-12(21)19-11-5-3-10(4-6-11)14-18-8-23-20-14;/h3-6,8-9,13H,7,16H2,1-2H3,(H,17,22)(H,19,21);1H/t13-;/m0./s1. The molecule has 4 N–H and O–H groups in total. The molecule has 0 radical (unpaired) electrons. The largest absolute Gasteiger partial charge is 0.346 e. The molecule has 9 heteroatoms. The molecule has 1 atom stereocenters. The zero-order chi connectivity index (χ0) is 16.8. The number of carbonyl (C=O) groups excluding carboxylic acids is 2. The number of rotatable bonds is 6. The molecule has 0 fully saturated rings. The van der Waals surface area contributed by atoms with Crippen LogP contribution in [-0.4, -0.2) is 34.5 Å². The number of nitrogens with zero attached hydrogens (tertiary/aromatic N) is 2. The van der Waals surface area contributed by atoms with Gasteiger partial charge in [-0.1, -0.05) is 19.0 Å². The SMILES string of the molecule is CC(C)[C@H](N)C(=O)NCC(=O)Nc1ccc(-c2ncon2)cc1.Cl. The van der Waals surface area contributed by atoms with Gasteiger partial charge < -0.3 is 20.9 Å². The summed E-state index contributed by atoms with van der Waals surface area (Å²) < 4.78 is 4.67. The fraction of sp³-hybridized carbons (Fsp3) is 0.333. The van der Waals surface area contributed by atoms with Gasteiger partial charge in [-0.15, -0.1) is 12.4 Å². The van der Waals surface area contributed by atoms with Gasteiger partial charge in [0.15, 0.2) is 0 Å². The molecule has 2 amide bonds. The Kier molecular flexibility index (Phi) is 7.34. The first kappa shape index (κ1) is 19.6. The summed E-state index contributed by atoms with van der Waals surface area (Å²) in [6.45, 7) is 3.55. The molecule has 0 spiro atoms. The monoisotopic (exact) mass is 353 g/mol. The quantitative estimate of drug-likeness (QED) is 0.716. The van der Waals surface area contributed by atoms with E-state index in [-0.39, 0.29) is 36.7 Å². The molecule has 24 heavy (non-hydrogen) atoms. The Morgan fingerprint density at radius 3 is 2.46 bits per heavy atom. The Bertz CT molecular complexity index is 658. The molecule has 2 rings (SSSR count). The summed E-state index contributed by atoms with van der Waals surface area (Å²) in [7, 11) is 0. The van der Waals surface area contributed by atoms with Gasteiger partial charge in [0.05, 0.1) is 12.6 Å². The maximum absolute atomic E-state index is 11.8. The highest BCUT2D eigenvalue weighted by Crippen LogP contribution is 2.17. The van der Waals surface area contributed by atoms with Crippen molar-refractivity contribution in [1.29, 1.82) is 0 Å². The molecule has 0 unspecified atom stereocenters. The summed E-state index contributed by atoms with van der Waals surface area (Å²) in [6.07, 6.45) is 1.25. The molecule has 1 aromatic heterocycles. The van der Waals surface area contributed by atoms with Crippen LogP contribution in [-0.2, 0) is 9.59 Å². The van der Waals surface area contributed by atoms with Gasteiger partial charge in [0.2, 0.25) is 24.0 Å². The van der Waals surface area contributed by atoms with Crippen LogP contribution in [0.15, 0.2) is 35.2 Å². The lowest BCUT2D eigenvalue weighted by Gasteiger charge is -2.15. The first-order chi connectivity index (χ1) is 11.0. The van der Waals surface area contributed by atoms with Crippen LogP contribution < -0.4 is 16.4 Å². The molecule has 0 saturated carbocycles. The van der Waals surface area contributed by atoms with E-state index in [2.05, 4.69) is 25.3 Å². The number of hydrogen-bond donors (Lipinski definition) is 3. The summed E-state index contributed by atoms with van der Waals surface area (Å²) >= 11 is 0. The average molecular weight is 354 g/mol. The van der Waals surface area contributed by atoms with Crippen LogP contribution in [0.4, 0.5) is 5.69 Å². The highest BCUT2D eigenvalue weighted by atomic mass is 35.5. The minimum absolute atomic E-state index is 0. The molecular weight excluding hydrogens is 334 g/mol. The number of nitrogens with one attached hydrogen (secondary N) is 2. The van der Waals surface area contributed by atoms with Crippen molar-refractivity contribution in [1.82, 2.24) is 15.5 Å². The van der Waals surface area contributed by atoms with Gasteiger partial charge in [0, 0.05) is 11.3 Å². The fourth-order valence-electron chi connectivity index (χ4n) is 1.79. The number of aromatic nitrogens is 2. The molecule has 8 nitrogen and oxygen atoms in total. The molecule has 0 saturated heterocycles. The van der Waals surface area contributed by atoms with E-state index in [9.17, 15) is 9.59 Å². The number of halogens is 1. The predicted octanol–water partition coefficient (Wildman–Crippen LogP) is 1.20. The van der Waals surface area contributed by atoms with E-state index in [4.69, 9.17) is 5.73 Å². The minimum atomic E-state index is -0.628. The normalized spacial score (nSPS) is 11.5. The first-order valence-electron chi connectivity index (χ1n) is 7.17. The van der Waals surface area contributed by atoms with Crippen molar-refractivity contribution in [3.63, 3.8) is 0 Å². The Morgan fingerprint density at radius 2 is 1.92 bits per heavy atom. The predicted molar refractivity (Wildman–Crippen MR) is 91.4 cm³/mol. The molecule has 0 aliphatic rings. The molecule has 1 heterocycles. The van der Waals surface area contributed by atoms with Gasteiger partial charge in [-0.25, -0.2) is 0 Å². The van der Waals surface area contributed by atoms with Gasteiger partial charge in [0.25, 0.3) is 0 Å². The number of nitrogens with two attached hydrogens (primary N) is 1. The third-order valence-corrected chi connectivity index (χ3v) is 3.23. The zero-order valence-electron chi connectivity index (χ0n) is 13.4. The topological polar surface area (TPSA) is 123 Å². The maximum atomic E-state index is 11.8. The number of carbonyl (C=O) groups is 2. The lowest BCUT2D eigenvalue weighted by atomic mass is 10.1. The highest BCUT2D eigenvalue weighted by molar-refractivity contribution is 5.95. The second kappa shape index (κ2) is 8.99. The van der Waals surface area contributed by atoms with Gasteiger partial charge in [0.1, 0.15) is 0 Å². The third kappa shape index (κ3) is 5.32. The van der Waals surface area contributed by atoms with E-state index in [1.165, 1.54) is 6.39 Å². The van der Waals surface area contributed by atoms with Crippen LogP contribution >= 0.6 is 12.4 Å². The van der Waals surface area contributed by atoms with Gasteiger partial charge in [-0.3, -0.25) is 9.59 Å². The highest BCUT2D eigenvalue weighted by Gasteiger charge is 2.17. The van der Waals surface area contributed by atoms with Crippen LogP contribution in [0.5, 0.6) is 0 Å². The summed E-state index contributed by atoms with van der Waals surface area (Å²) in [6, 6.07) is 6.31. The minimum Gasteiger partial charge on any atom is -0.346 e. The zero-order valence-corrected chi connectivity index (χ0v) is 14.2. The van der Waals surface area contributed by atoms with Crippen molar-refractivity contribution in [3.05, 3.63) is 30.7 Å². The smallest absolute Gasteiger partial charge is 0.243 e. The summed E-state index contributed by atoms with van der Waals surface area (Å²) in [4.78, 5) is 27.4. The Morgan fingerprint density at radius 1 is 1.25 bits per heavy atom. The van der Waals surface area contributed by atoms with Crippen LogP contribution in [0.2, 0.25) is 0 Å². The second-order valence-corrected chi connectivity index (χ2v) is 5.37. The van der Waals surface area contributed by atoms with Crippen LogP contribution in [0.3, 0.4) is 0 Å². The second-order valence-electron chi connectivity index (χ2n) is 5.37. The van der Waals surface area contributed by atoms with E-state index >= 15 is 0 Å². The van der Waals surface area contributed by atoms with Crippen molar-refractivity contribution in [2.75, 3.05) is 11.9 Å². The van der Waals surface area contributed by atoms with Gasteiger partial charge >= 0.3 is 0 Å². The summed E-state index contributed by atoms with van der Waals surface area (Å²) in [5, 5.41) is 8.91. The van der Waals surface area contributed by atoms with E-state index in [1.54, 1.807) is 24.3 Å². The molecule has 1 aromatic carbocycles. The number of anilines is 1. The first-order valence-corrected chi connectivity index (χ1v) is 7.17. The van der Waals surface area contributed by atoms with Crippen molar-refractivity contribution < 1.29 is 14.1 Å². The van der Waals surface area contributed by atoms with Crippen LogP contribution in [0.25, 0.3) is 11.4 Å². The lowest BCUT2D eigenvalue weighted by Crippen LogP contribution is -2.46. The van der Waals surface area contributed by atoms with Crippen molar-refractivity contribution in [3.8, 4) is 11.4 Å². The van der Waals surface area contributed by atoms with Crippen molar-refractivity contribution in [2.24, 2.45) is 11.7 Å². The summed E-state index contributed by atoms with van der Waals surface area (Å²) in [5.41, 5.74) is 7.07.